The number of hydrogen-bond acceptors (Lipinski definition) is 5. The molecule has 0 unspecified atom stereocenters. The molecule has 0 aliphatic heterocycles. The van der Waals surface area contributed by atoms with Gasteiger partial charge in [-0.1, -0.05) is 0 Å². The summed E-state index contributed by atoms with van der Waals surface area (Å²) in [5.41, 5.74) is 1.19. The van der Waals surface area contributed by atoms with E-state index in [0.29, 0.717) is 30.2 Å². The number of carbonyl (C=O) groups is 1. The number of rotatable bonds is 8. The van der Waals surface area contributed by atoms with E-state index in [4.69, 9.17) is 14.7 Å². The molecule has 20 heavy (non-hydrogen) atoms. The molecule has 1 amide bonds. The molecule has 0 radical (unpaired) electrons. The third kappa shape index (κ3) is 5.16. The van der Waals surface area contributed by atoms with E-state index in [-0.39, 0.29) is 12.5 Å². The Morgan fingerprint density at radius 3 is 2.85 bits per heavy atom. The number of carbonyl (C=O) groups excluding carboxylic acids is 1. The van der Waals surface area contributed by atoms with Gasteiger partial charge >= 0.3 is 0 Å². The van der Waals surface area contributed by atoms with Crippen molar-refractivity contribution in [3.63, 3.8) is 0 Å². The van der Waals surface area contributed by atoms with Crippen molar-refractivity contribution in [1.82, 2.24) is 5.32 Å². The van der Waals surface area contributed by atoms with Crippen LogP contribution in [0, 0.1) is 11.3 Å². The lowest BCUT2D eigenvalue weighted by Gasteiger charge is -2.11. The third-order valence-corrected chi connectivity index (χ3v) is 2.62. The van der Waals surface area contributed by atoms with Gasteiger partial charge in [-0.3, -0.25) is 4.79 Å². The van der Waals surface area contributed by atoms with Gasteiger partial charge in [-0.25, -0.2) is 0 Å². The lowest BCUT2D eigenvalue weighted by Crippen LogP contribution is -2.31. The zero-order chi connectivity index (χ0) is 14.8. The van der Waals surface area contributed by atoms with Gasteiger partial charge in [0.1, 0.15) is 5.75 Å². The quantitative estimate of drug-likeness (QED) is 0.696. The van der Waals surface area contributed by atoms with Crippen LogP contribution < -0.4 is 15.4 Å². The van der Waals surface area contributed by atoms with Crippen LogP contribution in [-0.2, 0) is 9.53 Å². The summed E-state index contributed by atoms with van der Waals surface area (Å²) in [6.07, 6.45) is 0.780. The van der Waals surface area contributed by atoms with Crippen LogP contribution in [0.15, 0.2) is 18.2 Å². The fourth-order valence-corrected chi connectivity index (χ4v) is 1.59. The first-order valence-corrected chi connectivity index (χ1v) is 6.29. The van der Waals surface area contributed by atoms with Crippen molar-refractivity contribution in [2.75, 3.05) is 39.2 Å². The molecular formula is C14H19N3O3. The standard InChI is InChI=1S/C14H19N3O3/c1-19-7-3-6-16-14(18)10-17-12-5-4-11(9-15)8-13(12)20-2/h4-5,8,17H,3,6-7,10H2,1-2H3,(H,16,18). The predicted molar refractivity (Wildman–Crippen MR) is 75.7 cm³/mol. The summed E-state index contributed by atoms with van der Waals surface area (Å²) >= 11 is 0. The topological polar surface area (TPSA) is 83.4 Å². The molecule has 1 aromatic rings. The number of benzene rings is 1. The highest BCUT2D eigenvalue weighted by Crippen LogP contribution is 2.24. The molecule has 0 heterocycles. The molecule has 0 saturated heterocycles. The van der Waals surface area contributed by atoms with E-state index in [0.717, 1.165) is 6.42 Å². The molecule has 0 aliphatic carbocycles. The van der Waals surface area contributed by atoms with Crippen molar-refractivity contribution in [3.05, 3.63) is 23.8 Å². The molecule has 6 heteroatoms. The zero-order valence-corrected chi connectivity index (χ0v) is 11.7. The summed E-state index contributed by atoms with van der Waals surface area (Å²) in [7, 11) is 3.15. The molecule has 1 rings (SSSR count). The molecule has 0 spiro atoms. The van der Waals surface area contributed by atoms with Crippen LogP contribution in [0.1, 0.15) is 12.0 Å². The van der Waals surface area contributed by atoms with Crippen LogP contribution in [0.4, 0.5) is 5.69 Å². The highest BCUT2D eigenvalue weighted by Gasteiger charge is 2.06. The third-order valence-electron chi connectivity index (χ3n) is 2.62. The minimum atomic E-state index is -0.104. The number of nitriles is 1. The molecule has 0 atom stereocenters. The predicted octanol–water partition coefficient (Wildman–Crippen LogP) is 1.13. The number of ether oxygens (including phenoxy) is 2. The summed E-state index contributed by atoms with van der Waals surface area (Å²) in [5.74, 6) is 0.434. The van der Waals surface area contributed by atoms with Gasteiger partial charge in [0.05, 0.1) is 31.0 Å². The average molecular weight is 277 g/mol. The summed E-state index contributed by atoms with van der Waals surface area (Å²) < 4.78 is 10.1. The van der Waals surface area contributed by atoms with E-state index in [1.165, 1.54) is 7.11 Å². The van der Waals surface area contributed by atoms with E-state index in [9.17, 15) is 4.79 Å². The first-order chi connectivity index (χ1) is 9.71. The fourth-order valence-electron chi connectivity index (χ4n) is 1.59. The monoisotopic (exact) mass is 277 g/mol. The second kappa shape index (κ2) is 8.77. The van der Waals surface area contributed by atoms with Gasteiger partial charge in [0.2, 0.25) is 5.91 Å². The Hall–Kier alpha value is -2.26. The fraction of sp³-hybridized carbons (Fsp3) is 0.429. The van der Waals surface area contributed by atoms with E-state index in [1.807, 2.05) is 6.07 Å². The minimum Gasteiger partial charge on any atom is -0.495 e. The van der Waals surface area contributed by atoms with Crippen LogP contribution >= 0.6 is 0 Å². The normalized spacial score (nSPS) is 9.65. The SMILES string of the molecule is COCCCNC(=O)CNc1ccc(C#N)cc1OC. The molecule has 0 saturated carbocycles. The van der Waals surface area contributed by atoms with Gasteiger partial charge in [0.15, 0.2) is 0 Å². The van der Waals surface area contributed by atoms with Gasteiger partial charge in [0.25, 0.3) is 0 Å². The summed E-state index contributed by atoms with van der Waals surface area (Å²) in [6.45, 7) is 1.35. The van der Waals surface area contributed by atoms with Crippen molar-refractivity contribution in [3.8, 4) is 11.8 Å². The molecule has 0 aromatic heterocycles. The van der Waals surface area contributed by atoms with E-state index in [1.54, 1.807) is 25.3 Å². The Balaban J connectivity index is 2.45. The highest BCUT2D eigenvalue weighted by atomic mass is 16.5. The largest absolute Gasteiger partial charge is 0.495 e. The van der Waals surface area contributed by atoms with E-state index < -0.39 is 0 Å². The summed E-state index contributed by atoms with van der Waals surface area (Å²) in [6, 6.07) is 7.04. The highest BCUT2D eigenvalue weighted by molar-refractivity contribution is 5.81. The summed E-state index contributed by atoms with van der Waals surface area (Å²) in [5, 5.41) is 14.6. The number of anilines is 1. The number of methoxy groups -OCH3 is 2. The van der Waals surface area contributed by atoms with Crippen LogP contribution in [0.2, 0.25) is 0 Å². The van der Waals surface area contributed by atoms with Gasteiger partial charge in [0, 0.05) is 26.3 Å². The van der Waals surface area contributed by atoms with E-state index in [2.05, 4.69) is 10.6 Å². The Bertz CT molecular complexity index is 483. The first-order valence-electron chi connectivity index (χ1n) is 6.29. The molecule has 0 aliphatic rings. The van der Waals surface area contributed by atoms with Gasteiger partial charge in [-0.15, -0.1) is 0 Å². The second-order valence-corrected chi connectivity index (χ2v) is 4.08. The van der Waals surface area contributed by atoms with Crippen molar-refractivity contribution in [2.45, 2.75) is 6.42 Å². The first kappa shape index (κ1) is 15.8. The van der Waals surface area contributed by atoms with Gasteiger partial charge < -0.3 is 20.1 Å². The number of nitrogens with one attached hydrogen (secondary N) is 2. The zero-order valence-electron chi connectivity index (χ0n) is 11.7. The van der Waals surface area contributed by atoms with Gasteiger partial charge in [-0.2, -0.15) is 5.26 Å². The van der Waals surface area contributed by atoms with Crippen molar-refractivity contribution < 1.29 is 14.3 Å². The Morgan fingerprint density at radius 1 is 1.40 bits per heavy atom. The molecule has 1 aromatic carbocycles. The maximum absolute atomic E-state index is 11.6. The van der Waals surface area contributed by atoms with Crippen molar-refractivity contribution in [1.29, 1.82) is 5.26 Å². The molecule has 0 fully saturated rings. The van der Waals surface area contributed by atoms with Crippen molar-refractivity contribution >= 4 is 11.6 Å². The summed E-state index contributed by atoms with van der Waals surface area (Å²) in [4.78, 5) is 11.6. The Kier molecular flexibility index (Phi) is 6.93. The minimum absolute atomic E-state index is 0.104. The number of hydrogen-bond donors (Lipinski definition) is 2. The Labute approximate surface area is 118 Å². The second-order valence-electron chi connectivity index (χ2n) is 4.08. The van der Waals surface area contributed by atoms with Crippen LogP contribution in [0.3, 0.4) is 0 Å². The molecule has 6 nitrogen and oxygen atoms in total. The van der Waals surface area contributed by atoms with E-state index >= 15 is 0 Å². The maximum Gasteiger partial charge on any atom is 0.239 e. The van der Waals surface area contributed by atoms with Crippen molar-refractivity contribution in [2.24, 2.45) is 0 Å². The number of nitrogens with zero attached hydrogens (tertiary/aromatic N) is 1. The molecule has 2 N–H and O–H groups in total. The van der Waals surface area contributed by atoms with Gasteiger partial charge in [-0.05, 0) is 18.6 Å². The molecule has 0 bridgehead atoms. The maximum atomic E-state index is 11.6. The van der Waals surface area contributed by atoms with Crippen LogP contribution in [-0.4, -0.2) is 39.8 Å². The van der Waals surface area contributed by atoms with Crippen LogP contribution in [0.25, 0.3) is 0 Å². The molecular weight excluding hydrogens is 258 g/mol. The molecule has 108 valence electrons. The smallest absolute Gasteiger partial charge is 0.239 e. The Morgan fingerprint density at radius 2 is 2.20 bits per heavy atom. The van der Waals surface area contributed by atoms with Crippen LogP contribution in [0.5, 0.6) is 5.75 Å². The average Bonchev–Trinajstić information content (AvgIpc) is 2.49. The lowest BCUT2D eigenvalue weighted by atomic mass is 10.2. The number of amides is 1. The lowest BCUT2D eigenvalue weighted by molar-refractivity contribution is -0.119.